The maximum atomic E-state index is 12.1. The minimum absolute atomic E-state index is 0.00441. The molecule has 21 heavy (non-hydrogen) atoms. The van der Waals surface area contributed by atoms with E-state index in [1.54, 1.807) is 24.4 Å². The third-order valence-electron chi connectivity index (χ3n) is 4.02. The third kappa shape index (κ3) is 2.69. The Morgan fingerprint density at radius 1 is 1.43 bits per heavy atom. The maximum absolute atomic E-state index is 12.1. The molecule has 2 aromatic heterocycles. The first-order valence-electron chi connectivity index (χ1n) is 7.13. The minimum atomic E-state index is -0.328. The van der Waals surface area contributed by atoms with Gasteiger partial charge in [0, 0.05) is 24.8 Å². The molecule has 1 aliphatic carbocycles. The van der Waals surface area contributed by atoms with Crippen LogP contribution >= 0.6 is 0 Å². The molecule has 2 unspecified atom stereocenters. The molecule has 0 radical (unpaired) electrons. The molecule has 1 aliphatic rings. The molecule has 1 fully saturated rings. The number of amides is 1. The van der Waals surface area contributed by atoms with Crippen LogP contribution in [0.2, 0.25) is 0 Å². The lowest BCUT2D eigenvalue weighted by molar-refractivity contribution is -0.122. The lowest BCUT2D eigenvalue weighted by atomic mass is 10.1. The molecule has 2 atom stereocenters. The van der Waals surface area contributed by atoms with Crippen molar-refractivity contribution in [3.63, 3.8) is 0 Å². The van der Waals surface area contributed by atoms with Gasteiger partial charge in [-0.1, -0.05) is 12.5 Å². The van der Waals surface area contributed by atoms with E-state index in [-0.39, 0.29) is 36.7 Å². The summed E-state index contributed by atoms with van der Waals surface area (Å²) in [5.74, 6) is -0.127. The van der Waals surface area contributed by atoms with Gasteiger partial charge < -0.3 is 10.4 Å². The van der Waals surface area contributed by atoms with Gasteiger partial charge >= 0.3 is 5.69 Å². The SMILES string of the molecule is O=C(Cn1nc2ccccn2c1=O)NC1CCCC1CO. The number of nitrogens with zero attached hydrogens (tertiary/aromatic N) is 3. The Hall–Kier alpha value is -2.15. The Morgan fingerprint density at radius 2 is 2.29 bits per heavy atom. The number of aliphatic hydroxyl groups excluding tert-OH is 1. The van der Waals surface area contributed by atoms with E-state index in [9.17, 15) is 14.7 Å². The molecule has 2 heterocycles. The molecule has 1 amide bonds. The number of fused-ring (bicyclic) bond motifs is 1. The highest BCUT2D eigenvalue weighted by Crippen LogP contribution is 2.24. The second kappa shape index (κ2) is 5.69. The molecule has 2 N–H and O–H groups in total. The molecule has 0 aliphatic heterocycles. The van der Waals surface area contributed by atoms with Crippen LogP contribution in [0.15, 0.2) is 29.2 Å². The Labute approximate surface area is 121 Å². The van der Waals surface area contributed by atoms with Crippen LogP contribution in [0.3, 0.4) is 0 Å². The summed E-state index contributed by atoms with van der Waals surface area (Å²) in [6, 6.07) is 5.24. The van der Waals surface area contributed by atoms with E-state index in [2.05, 4.69) is 10.4 Å². The monoisotopic (exact) mass is 290 g/mol. The number of aliphatic hydroxyl groups is 1. The number of carbonyl (C=O) groups is 1. The maximum Gasteiger partial charge on any atom is 0.350 e. The average Bonchev–Trinajstić information content (AvgIpc) is 3.05. The summed E-state index contributed by atoms with van der Waals surface area (Å²) in [6.07, 6.45) is 4.43. The lowest BCUT2D eigenvalue weighted by Gasteiger charge is -2.18. The Balaban J connectivity index is 1.72. The molecule has 1 saturated carbocycles. The van der Waals surface area contributed by atoms with E-state index in [0.717, 1.165) is 23.9 Å². The van der Waals surface area contributed by atoms with Crippen LogP contribution in [0, 0.1) is 5.92 Å². The van der Waals surface area contributed by atoms with Gasteiger partial charge in [0.05, 0.1) is 0 Å². The van der Waals surface area contributed by atoms with Crippen LogP contribution in [0.25, 0.3) is 5.65 Å². The summed E-state index contributed by atoms with van der Waals surface area (Å²) in [5, 5.41) is 16.3. The zero-order valence-corrected chi connectivity index (χ0v) is 11.6. The second-order valence-electron chi connectivity index (χ2n) is 5.42. The van der Waals surface area contributed by atoms with Crippen molar-refractivity contribution in [1.82, 2.24) is 19.5 Å². The van der Waals surface area contributed by atoms with Crippen molar-refractivity contribution in [3.8, 4) is 0 Å². The molecule has 2 aromatic rings. The highest BCUT2D eigenvalue weighted by molar-refractivity contribution is 5.76. The first kappa shape index (κ1) is 13.8. The normalized spacial score (nSPS) is 21.8. The van der Waals surface area contributed by atoms with Crippen LogP contribution in [-0.2, 0) is 11.3 Å². The molecule has 7 nitrogen and oxygen atoms in total. The number of hydrogen-bond acceptors (Lipinski definition) is 4. The Bertz CT molecular complexity index is 706. The third-order valence-corrected chi connectivity index (χ3v) is 4.02. The van der Waals surface area contributed by atoms with E-state index >= 15 is 0 Å². The van der Waals surface area contributed by atoms with E-state index in [1.807, 2.05) is 0 Å². The predicted molar refractivity (Wildman–Crippen MR) is 75.8 cm³/mol. The highest BCUT2D eigenvalue weighted by Gasteiger charge is 2.28. The van der Waals surface area contributed by atoms with Crippen molar-refractivity contribution in [1.29, 1.82) is 0 Å². The van der Waals surface area contributed by atoms with E-state index in [1.165, 1.54) is 4.40 Å². The molecular weight excluding hydrogens is 272 g/mol. The topological polar surface area (TPSA) is 88.6 Å². The highest BCUT2D eigenvalue weighted by atomic mass is 16.3. The summed E-state index contributed by atoms with van der Waals surface area (Å²) in [5.41, 5.74) is 0.190. The molecule has 0 saturated heterocycles. The minimum Gasteiger partial charge on any atom is -0.396 e. The summed E-state index contributed by atoms with van der Waals surface area (Å²) < 4.78 is 2.56. The molecule has 0 spiro atoms. The van der Waals surface area contributed by atoms with Gasteiger partial charge in [-0.15, -0.1) is 5.10 Å². The van der Waals surface area contributed by atoms with Gasteiger partial charge in [-0.25, -0.2) is 9.48 Å². The van der Waals surface area contributed by atoms with E-state index in [4.69, 9.17) is 0 Å². The first-order valence-corrected chi connectivity index (χ1v) is 7.13. The van der Waals surface area contributed by atoms with Crippen LogP contribution in [-0.4, -0.2) is 37.8 Å². The molecule has 3 rings (SSSR count). The van der Waals surface area contributed by atoms with Gasteiger partial charge in [-0.3, -0.25) is 9.20 Å². The number of rotatable bonds is 4. The fourth-order valence-corrected chi connectivity index (χ4v) is 2.90. The smallest absolute Gasteiger partial charge is 0.350 e. The van der Waals surface area contributed by atoms with Gasteiger partial charge in [-0.2, -0.15) is 0 Å². The Morgan fingerprint density at radius 3 is 3.05 bits per heavy atom. The summed E-state index contributed by atoms with van der Waals surface area (Å²) in [6.45, 7) is -0.0194. The standard InChI is InChI=1S/C14H18N4O3/c19-9-10-4-3-5-11(10)15-13(20)8-18-14(21)17-7-2-1-6-12(17)16-18/h1-2,6-7,10-11,19H,3-5,8-9H2,(H,15,20). The van der Waals surface area contributed by atoms with Gasteiger partial charge in [-0.05, 0) is 25.0 Å². The van der Waals surface area contributed by atoms with Crippen LogP contribution in [0.5, 0.6) is 0 Å². The van der Waals surface area contributed by atoms with Crippen molar-refractivity contribution in [2.75, 3.05) is 6.61 Å². The number of aromatic nitrogens is 3. The zero-order valence-electron chi connectivity index (χ0n) is 11.6. The van der Waals surface area contributed by atoms with Crippen LogP contribution in [0.4, 0.5) is 0 Å². The van der Waals surface area contributed by atoms with Crippen molar-refractivity contribution in [2.24, 2.45) is 5.92 Å². The van der Waals surface area contributed by atoms with Crippen molar-refractivity contribution < 1.29 is 9.90 Å². The lowest BCUT2D eigenvalue weighted by Crippen LogP contribution is -2.41. The number of hydrogen-bond donors (Lipinski definition) is 2. The predicted octanol–water partition coefficient (Wildman–Crippen LogP) is -0.227. The van der Waals surface area contributed by atoms with Gasteiger partial charge in [0.2, 0.25) is 5.91 Å². The van der Waals surface area contributed by atoms with Crippen molar-refractivity contribution >= 4 is 11.6 Å². The largest absolute Gasteiger partial charge is 0.396 e. The Kier molecular flexibility index (Phi) is 3.74. The fourth-order valence-electron chi connectivity index (χ4n) is 2.90. The van der Waals surface area contributed by atoms with Crippen LogP contribution < -0.4 is 11.0 Å². The van der Waals surface area contributed by atoms with E-state index in [0.29, 0.717) is 5.65 Å². The quantitative estimate of drug-likeness (QED) is 0.814. The summed E-state index contributed by atoms with van der Waals surface area (Å²) >= 11 is 0. The average molecular weight is 290 g/mol. The number of pyridine rings is 1. The number of nitrogens with one attached hydrogen (secondary N) is 1. The molecule has 7 heteroatoms. The molecule has 0 aromatic carbocycles. The molecule has 0 bridgehead atoms. The molecular formula is C14H18N4O3. The van der Waals surface area contributed by atoms with Gasteiger partial charge in [0.1, 0.15) is 6.54 Å². The molecule has 112 valence electrons. The van der Waals surface area contributed by atoms with Gasteiger partial charge in [0.25, 0.3) is 0 Å². The van der Waals surface area contributed by atoms with Gasteiger partial charge in [0.15, 0.2) is 5.65 Å². The van der Waals surface area contributed by atoms with Crippen molar-refractivity contribution in [3.05, 3.63) is 34.9 Å². The van der Waals surface area contributed by atoms with E-state index < -0.39 is 0 Å². The second-order valence-corrected chi connectivity index (χ2v) is 5.42. The first-order chi connectivity index (χ1) is 10.2. The van der Waals surface area contributed by atoms with Crippen LogP contribution in [0.1, 0.15) is 19.3 Å². The van der Waals surface area contributed by atoms with Crippen molar-refractivity contribution in [2.45, 2.75) is 31.8 Å². The fraction of sp³-hybridized carbons (Fsp3) is 0.500. The summed E-state index contributed by atoms with van der Waals surface area (Å²) in [7, 11) is 0. The number of carbonyl (C=O) groups excluding carboxylic acids is 1. The zero-order chi connectivity index (χ0) is 14.8. The summed E-state index contributed by atoms with van der Waals surface area (Å²) in [4.78, 5) is 24.1.